The Kier molecular flexibility index (Phi) is 3.86. The van der Waals surface area contributed by atoms with Gasteiger partial charge in [0, 0.05) is 18.1 Å². The van der Waals surface area contributed by atoms with Crippen LogP contribution in [0.1, 0.15) is 21.5 Å². The fraction of sp³-hybridized carbons (Fsp3) is 0.0952. The highest BCUT2D eigenvalue weighted by Crippen LogP contribution is 2.27. The summed E-state index contributed by atoms with van der Waals surface area (Å²) in [5, 5.41) is 4.01. The van der Waals surface area contributed by atoms with Gasteiger partial charge in [-0.1, -0.05) is 42.5 Å². The Morgan fingerprint density at radius 1 is 1.08 bits per heavy atom. The minimum absolute atomic E-state index is 0.174. The van der Waals surface area contributed by atoms with Crippen LogP contribution in [0.5, 0.6) is 0 Å². The lowest BCUT2D eigenvalue weighted by atomic mass is 10.1. The van der Waals surface area contributed by atoms with E-state index < -0.39 is 0 Å². The molecule has 0 aliphatic heterocycles. The second-order valence-electron chi connectivity index (χ2n) is 6.08. The maximum atomic E-state index is 12.4. The second-order valence-corrected chi connectivity index (χ2v) is 6.08. The van der Waals surface area contributed by atoms with E-state index in [-0.39, 0.29) is 5.91 Å². The fourth-order valence-corrected chi connectivity index (χ4v) is 3.04. The predicted octanol–water partition coefficient (Wildman–Crippen LogP) is 4.84. The molecule has 1 amide bonds. The van der Waals surface area contributed by atoms with Crippen LogP contribution in [-0.4, -0.2) is 10.5 Å². The van der Waals surface area contributed by atoms with Crippen LogP contribution in [-0.2, 0) is 6.54 Å². The van der Waals surface area contributed by atoms with Crippen LogP contribution < -0.4 is 5.32 Å². The molecular formula is C21H18N2O2. The molecule has 0 bridgehead atoms. The number of rotatable bonds is 4. The van der Waals surface area contributed by atoms with E-state index in [2.05, 4.69) is 41.1 Å². The van der Waals surface area contributed by atoms with Gasteiger partial charge in [0.05, 0.1) is 23.0 Å². The summed E-state index contributed by atoms with van der Waals surface area (Å²) in [6, 6.07) is 18.1. The number of nitrogens with one attached hydrogen (secondary N) is 1. The van der Waals surface area contributed by atoms with Crippen molar-refractivity contribution in [1.29, 1.82) is 0 Å². The maximum Gasteiger partial charge on any atom is 0.258 e. The van der Waals surface area contributed by atoms with Crippen molar-refractivity contribution >= 4 is 22.5 Å². The minimum Gasteiger partial charge on any atom is -0.472 e. The largest absolute Gasteiger partial charge is 0.472 e. The van der Waals surface area contributed by atoms with Gasteiger partial charge in [0.2, 0.25) is 0 Å². The number of aromatic nitrogens is 1. The molecule has 0 aliphatic rings. The van der Waals surface area contributed by atoms with Crippen LogP contribution in [0, 0.1) is 6.92 Å². The summed E-state index contributed by atoms with van der Waals surface area (Å²) < 4.78 is 7.16. The predicted molar refractivity (Wildman–Crippen MR) is 98.9 cm³/mol. The third-order valence-corrected chi connectivity index (χ3v) is 4.42. The van der Waals surface area contributed by atoms with Gasteiger partial charge in [0.15, 0.2) is 0 Å². The number of carbonyl (C=O) groups excluding carboxylic acids is 1. The topological polar surface area (TPSA) is 47.2 Å². The Bertz CT molecular complexity index is 1030. The molecule has 0 fully saturated rings. The zero-order valence-electron chi connectivity index (χ0n) is 13.9. The van der Waals surface area contributed by atoms with Crippen molar-refractivity contribution in [3.63, 3.8) is 0 Å². The van der Waals surface area contributed by atoms with Crippen molar-refractivity contribution in [1.82, 2.24) is 4.57 Å². The summed E-state index contributed by atoms with van der Waals surface area (Å²) in [7, 11) is 0. The molecule has 1 N–H and O–H groups in total. The molecule has 4 rings (SSSR count). The molecule has 4 nitrogen and oxygen atoms in total. The number of hydrogen-bond donors (Lipinski definition) is 1. The summed E-state index contributed by atoms with van der Waals surface area (Å²) >= 11 is 0. The number of fused-ring (bicyclic) bond motifs is 1. The normalized spacial score (nSPS) is 10.9. The number of furan rings is 1. The lowest BCUT2D eigenvalue weighted by molar-refractivity contribution is 0.102. The Hall–Kier alpha value is -3.27. The molecule has 4 heteroatoms. The molecule has 0 radical (unpaired) electrons. The van der Waals surface area contributed by atoms with E-state index in [0.29, 0.717) is 5.56 Å². The average molecular weight is 330 g/mol. The van der Waals surface area contributed by atoms with E-state index in [4.69, 9.17) is 4.42 Å². The van der Waals surface area contributed by atoms with Gasteiger partial charge in [0.25, 0.3) is 5.91 Å². The third kappa shape index (κ3) is 2.94. The van der Waals surface area contributed by atoms with Crippen molar-refractivity contribution in [3.05, 3.63) is 90.0 Å². The van der Waals surface area contributed by atoms with E-state index >= 15 is 0 Å². The number of hydrogen-bond acceptors (Lipinski definition) is 2. The molecule has 25 heavy (non-hydrogen) atoms. The van der Waals surface area contributed by atoms with Crippen molar-refractivity contribution in [2.24, 2.45) is 0 Å². The van der Waals surface area contributed by atoms with Crippen molar-refractivity contribution in [2.45, 2.75) is 13.5 Å². The van der Waals surface area contributed by atoms with Crippen molar-refractivity contribution in [2.75, 3.05) is 5.32 Å². The highest BCUT2D eigenvalue weighted by molar-refractivity contribution is 6.08. The average Bonchev–Trinajstić information content (AvgIpc) is 3.27. The second kappa shape index (κ2) is 6.32. The first-order chi connectivity index (χ1) is 12.2. The van der Waals surface area contributed by atoms with E-state index in [1.54, 1.807) is 6.07 Å². The highest BCUT2D eigenvalue weighted by atomic mass is 16.3. The number of nitrogens with zero attached hydrogens (tertiary/aromatic N) is 1. The van der Waals surface area contributed by atoms with Crippen LogP contribution in [0.2, 0.25) is 0 Å². The number of amides is 1. The Morgan fingerprint density at radius 2 is 1.88 bits per heavy atom. The quantitative estimate of drug-likeness (QED) is 0.582. The number of anilines is 1. The molecule has 0 atom stereocenters. The fourth-order valence-electron chi connectivity index (χ4n) is 3.04. The first kappa shape index (κ1) is 15.3. The standard InChI is InChI=1S/C21H18N2O2/c1-15-6-2-3-7-16(15)12-23-13-19(18-8-4-5-9-20(18)23)22-21(24)17-10-11-25-14-17/h2-11,13-14H,12H2,1H3,(H,22,24). The van der Waals surface area contributed by atoms with Crippen molar-refractivity contribution < 1.29 is 9.21 Å². The van der Waals surface area contributed by atoms with Gasteiger partial charge in [-0.05, 0) is 30.2 Å². The van der Waals surface area contributed by atoms with Crippen LogP contribution in [0.3, 0.4) is 0 Å². The molecule has 2 aromatic carbocycles. The van der Waals surface area contributed by atoms with E-state index in [1.165, 1.54) is 23.7 Å². The molecule has 0 aliphatic carbocycles. The number of para-hydroxylation sites is 1. The Morgan fingerprint density at radius 3 is 2.68 bits per heavy atom. The first-order valence-electron chi connectivity index (χ1n) is 8.18. The maximum absolute atomic E-state index is 12.4. The molecule has 0 spiro atoms. The number of carbonyl (C=O) groups is 1. The summed E-state index contributed by atoms with van der Waals surface area (Å²) in [5.41, 5.74) is 4.92. The number of benzene rings is 2. The van der Waals surface area contributed by atoms with Gasteiger partial charge < -0.3 is 14.3 Å². The molecule has 0 unspecified atom stereocenters. The molecule has 2 aromatic heterocycles. The lowest BCUT2D eigenvalue weighted by Crippen LogP contribution is -2.10. The van der Waals surface area contributed by atoms with E-state index in [0.717, 1.165) is 23.1 Å². The van der Waals surface area contributed by atoms with Crippen LogP contribution in [0.4, 0.5) is 5.69 Å². The van der Waals surface area contributed by atoms with Gasteiger partial charge in [-0.25, -0.2) is 0 Å². The van der Waals surface area contributed by atoms with Gasteiger partial charge in [0.1, 0.15) is 6.26 Å². The molecule has 0 saturated heterocycles. The van der Waals surface area contributed by atoms with Crippen molar-refractivity contribution in [3.8, 4) is 0 Å². The zero-order chi connectivity index (χ0) is 17.2. The monoisotopic (exact) mass is 330 g/mol. The van der Waals surface area contributed by atoms with Crippen LogP contribution in [0.15, 0.2) is 77.7 Å². The minimum atomic E-state index is -0.174. The van der Waals surface area contributed by atoms with Gasteiger partial charge in [-0.2, -0.15) is 0 Å². The smallest absolute Gasteiger partial charge is 0.258 e. The molecule has 0 saturated carbocycles. The third-order valence-electron chi connectivity index (χ3n) is 4.42. The van der Waals surface area contributed by atoms with Crippen LogP contribution in [0.25, 0.3) is 10.9 Å². The van der Waals surface area contributed by atoms with Gasteiger partial charge >= 0.3 is 0 Å². The van der Waals surface area contributed by atoms with E-state index in [9.17, 15) is 4.79 Å². The molecule has 4 aromatic rings. The van der Waals surface area contributed by atoms with Gasteiger partial charge in [-0.3, -0.25) is 4.79 Å². The SMILES string of the molecule is Cc1ccccc1Cn1cc(NC(=O)c2ccoc2)c2ccccc21. The molecule has 124 valence electrons. The zero-order valence-corrected chi connectivity index (χ0v) is 13.9. The van der Waals surface area contributed by atoms with E-state index in [1.807, 2.05) is 30.5 Å². The molecule has 2 heterocycles. The van der Waals surface area contributed by atoms with Crippen LogP contribution >= 0.6 is 0 Å². The lowest BCUT2D eigenvalue weighted by Gasteiger charge is -2.08. The Labute approximate surface area is 145 Å². The first-order valence-corrected chi connectivity index (χ1v) is 8.18. The highest BCUT2D eigenvalue weighted by Gasteiger charge is 2.13. The summed E-state index contributed by atoms with van der Waals surface area (Å²) in [6.07, 6.45) is 4.94. The number of aryl methyl sites for hydroxylation is 1. The Balaban J connectivity index is 1.71. The summed E-state index contributed by atoms with van der Waals surface area (Å²) in [6.45, 7) is 2.87. The summed E-state index contributed by atoms with van der Waals surface area (Å²) in [5.74, 6) is -0.174. The summed E-state index contributed by atoms with van der Waals surface area (Å²) in [4.78, 5) is 12.4. The van der Waals surface area contributed by atoms with Gasteiger partial charge in [-0.15, -0.1) is 0 Å². The molecular weight excluding hydrogens is 312 g/mol.